The summed E-state index contributed by atoms with van der Waals surface area (Å²) in [6.45, 7) is 5.33. The number of benzene rings is 1. The van der Waals surface area contributed by atoms with Gasteiger partial charge < -0.3 is 5.32 Å². The standard InChI is InChI=1S/C16H19BrN2/c1-3-8-19-16(13-5-4-9-18-11-13)15-7-6-14(17)10-12(15)2/h4-7,9-11,16,19H,3,8H2,1-2H3. The van der Waals surface area contributed by atoms with Gasteiger partial charge in [-0.25, -0.2) is 0 Å². The minimum Gasteiger partial charge on any atom is -0.306 e. The summed E-state index contributed by atoms with van der Waals surface area (Å²) in [5.41, 5.74) is 3.80. The Bertz CT molecular complexity index is 526. The van der Waals surface area contributed by atoms with Gasteiger partial charge in [-0.15, -0.1) is 0 Å². The Balaban J connectivity index is 2.37. The van der Waals surface area contributed by atoms with E-state index in [1.807, 2.05) is 18.5 Å². The van der Waals surface area contributed by atoms with Crippen molar-refractivity contribution in [2.45, 2.75) is 26.3 Å². The summed E-state index contributed by atoms with van der Waals surface area (Å²) >= 11 is 3.52. The van der Waals surface area contributed by atoms with E-state index in [0.717, 1.165) is 17.4 Å². The fraction of sp³-hybridized carbons (Fsp3) is 0.312. The van der Waals surface area contributed by atoms with E-state index in [1.165, 1.54) is 16.7 Å². The third-order valence-electron chi connectivity index (χ3n) is 3.16. The highest BCUT2D eigenvalue weighted by Crippen LogP contribution is 2.26. The Labute approximate surface area is 123 Å². The zero-order valence-electron chi connectivity index (χ0n) is 11.4. The first-order valence-corrected chi connectivity index (χ1v) is 7.41. The minimum atomic E-state index is 0.210. The highest BCUT2D eigenvalue weighted by atomic mass is 79.9. The summed E-state index contributed by atoms with van der Waals surface area (Å²) in [4.78, 5) is 4.24. The minimum absolute atomic E-state index is 0.210. The third kappa shape index (κ3) is 3.64. The molecule has 0 saturated carbocycles. The SMILES string of the molecule is CCCNC(c1cccnc1)c1ccc(Br)cc1C. The lowest BCUT2D eigenvalue weighted by molar-refractivity contribution is 0.594. The van der Waals surface area contributed by atoms with Crippen molar-refractivity contribution >= 4 is 15.9 Å². The first-order chi connectivity index (χ1) is 9.22. The van der Waals surface area contributed by atoms with Gasteiger partial charge in [0.2, 0.25) is 0 Å². The summed E-state index contributed by atoms with van der Waals surface area (Å²) in [5.74, 6) is 0. The molecule has 1 atom stereocenters. The van der Waals surface area contributed by atoms with Gasteiger partial charge in [-0.2, -0.15) is 0 Å². The smallest absolute Gasteiger partial charge is 0.0594 e. The molecule has 100 valence electrons. The van der Waals surface area contributed by atoms with E-state index in [4.69, 9.17) is 0 Å². The van der Waals surface area contributed by atoms with Crippen molar-refractivity contribution in [2.75, 3.05) is 6.54 Å². The lowest BCUT2D eigenvalue weighted by Crippen LogP contribution is -2.24. The predicted octanol–water partition coefficient (Wildman–Crippen LogP) is 4.24. The molecule has 0 spiro atoms. The average molecular weight is 319 g/mol. The van der Waals surface area contributed by atoms with Gasteiger partial charge >= 0.3 is 0 Å². The van der Waals surface area contributed by atoms with Crippen LogP contribution in [0.5, 0.6) is 0 Å². The second kappa shape index (κ2) is 6.83. The quantitative estimate of drug-likeness (QED) is 0.891. The second-order valence-corrected chi connectivity index (χ2v) is 5.59. The molecule has 2 nitrogen and oxygen atoms in total. The van der Waals surface area contributed by atoms with Crippen LogP contribution in [0.4, 0.5) is 0 Å². The molecule has 2 rings (SSSR count). The van der Waals surface area contributed by atoms with E-state index in [2.05, 4.69) is 64.3 Å². The lowest BCUT2D eigenvalue weighted by atomic mass is 9.96. The van der Waals surface area contributed by atoms with Crippen molar-refractivity contribution in [3.8, 4) is 0 Å². The number of aromatic nitrogens is 1. The third-order valence-corrected chi connectivity index (χ3v) is 3.65. The Morgan fingerprint density at radius 3 is 2.79 bits per heavy atom. The van der Waals surface area contributed by atoms with Crippen LogP contribution in [0.15, 0.2) is 47.2 Å². The molecule has 0 amide bonds. The average Bonchev–Trinajstić information content (AvgIpc) is 2.42. The van der Waals surface area contributed by atoms with Gasteiger partial charge in [0.15, 0.2) is 0 Å². The van der Waals surface area contributed by atoms with Gasteiger partial charge in [0.25, 0.3) is 0 Å². The largest absolute Gasteiger partial charge is 0.306 e. The molecule has 0 radical (unpaired) electrons. The van der Waals surface area contributed by atoms with Crippen LogP contribution >= 0.6 is 15.9 Å². The van der Waals surface area contributed by atoms with E-state index >= 15 is 0 Å². The number of nitrogens with one attached hydrogen (secondary N) is 1. The Kier molecular flexibility index (Phi) is 5.11. The van der Waals surface area contributed by atoms with Crippen LogP contribution in [0.1, 0.15) is 36.1 Å². The molecule has 3 heteroatoms. The highest BCUT2D eigenvalue weighted by molar-refractivity contribution is 9.10. The van der Waals surface area contributed by atoms with Crippen molar-refractivity contribution < 1.29 is 0 Å². The first kappa shape index (κ1) is 14.2. The summed E-state index contributed by atoms with van der Waals surface area (Å²) in [5, 5.41) is 3.61. The van der Waals surface area contributed by atoms with Crippen LogP contribution in [0.2, 0.25) is 0 Å². The van der Waals surface area contributed by atoms with E-state index in [9.17, 15) is 0 Å². The molecule has 1 unspecified atom stereocenters. The highest BCUT2D eigenvalue weighted by Gasteiger charge is 2.15. The molecular weight excluding hydrogens is 300 g/mol. The maximum atomic E-state index is 4.24. The van der Waals surface area contributed by atoms with E-state index in [-0.39, 0.29) is 6.04 Å². The zero-order chi connectivity index (χ0) is 13.7. The van der Waals surface area contributed by atoms with Crippen LogP contribution in [0.25, 0.3) is 0 Å². The van der Waals surface area contributed by atoms with Crippen LogP contribution in [-0.2, 0) is 0 Å². The predicted molar refractivity (Wildman–Crippen MR) is 83.3 cm³/mol. The topological polar surface area (TPSA) is 24.9 Å². The van der Waals surface area contributed by atoms with Gasteiger partial charge in [-0.1, -0.05) is 35.0 Å². The fourth-order valence-electron chi connectivity index (χ4n) is 2.21. The molecule has 1 aromatic carbocycles. The molecule has 1 heterocycles. The Morgan fingerprint density at radius 2 is 2.16 bits per heavy atom. The molecular formula is C16H19BrN2. The molecule has 1 N–H and O–H groups in total. The summed E-state index contributed by atoms with van der Waals surface area (Å²) in [6, 6.07) is 10.8. The number of aryl methyl sites for hydroxylation is 1. The van der Waals surface area contributed by atoms with Gasteiger partial charge in [-0.3, -0.25) is 4.98 Å². The molecule has 0 saturated heterocycles. The van der Waals surface area contributed by atoms with Crippen molar-refractivity contribution in [3.63, 3.8) is 0 Å². The van der Waals surface area contributed by atoms with Gasteiger partial charge in [0, 0.05) is 16.9 Å². The number of rotatable bonds is 5. The molecule has 0 aliphatic heterocycles. The number of hydrogen-bond acceptors (Lipinski definition) is 2. The van der Waals surface area contributed by atoms with Crippen molar-refractivity contribution in [1.82, 2.24) is 10.3 Å². The lowest BCUT2D eigenvalue weighted by Gasteiger charge is -2.21. The fourth-order valence-corrected chi connectivity index (χ4v) is 2.68. The van der Waals surface area contributed by atoms with Crippen molar-refractivity contribution in [2.24, 2.45) is 0 Å². The van der Waals surface area contributed by atoms with Crippen LogP contribution < -0.4 is 5.32 Å². The number of hydrogen-bond donors (Lipinski definition) is 1. The maximum absolute atomic E-state index is 4.24. The van der Waals surface area contributed by atoms with Gasteiger partial charge in [0.1, 0.15) is 0 Å². The zero-order valence-corrected chi connectivity index (χ0v) is 12.9. The van der Waals surface area contributed by atoms with E-state index in [0.29, 0.717) is 0 Å². The molecule has 0 aliphatic carbocycles. The first-order valence-electron chi connectivity index (χ1n) is 6.61. The molecule has 2 aromatic rings. The Hall–Kier alpha value is -1.19. The summed E-state index contributed by atoms with van der Waals surface area (Å²) in [6.07, 6.45) is 4.87. The number of nitrogens with zero attached hydrogens (tertiary/aromatic N) is 1. The monoisotopic (exact) mass is 318 g/mol. The normalized spacial score (nSPS) is 12.4. The molecule has 0 fully saturated rings. The van der Waals surface area contributed by atoms with Gasteiger partial charge in [0.05, 0.1) is 6.04 Å². The van der Waals surface area contributed by atoms with Crippen LogP contribution in [0, 0.1) is 6.92 Å². The molecule has 0 bridgehead atoms. The molecule has 19 heavy (non-hydrogen) atoms. The maximum Gasteiger partial charge on any atom is 0.0594 e. The Morgan fingerprint density at radius 1 is 1.32 bits per heavy atom. The molecule has 1 aromatic heterocycles. The molecule has 0 aliphatic rings. The van der Waals surface area contributed by atoms with Crippen molar-refractivity contribution in [3.05, 3.63) is 63.9 Å². The summed E-state index contributed by atoms with van der Waals surface area (Å²) in [7, 11) is 0. The summed E-state index contributed by atoms with van der Waals surface area (Å²) < 4.78 is 1.12. The van der Waals surface area contributed by atoms with Gasteiger partial charge in [-0.05, 0) is 54.8 Å². The number of halogens is 1. The van der Waals surface area contributed by atoms with Crippen LogP contribution in [0.3, 0.4) is 0 Å². The van der Waals surface area contributed by atoms with Crippen LogP contribution in [-0.4, -0.2) is 11.5 Å². The second-order valence-electron chi connectivity index (χ2n) is 4.67. The van der Waals surface area contributed by atoms with E-state index < -0.39 is 0 Å². The van der Waals surface area contributed by atoms with E-state index in [1.54, 1.807) is 0 Å². The van der Waals surface area contributed by atoms with Crippen molar-refractivity contribution in [1.29, 1.82) is 0 Å². The number of pyridine rings is 1.